The smallest absolute Gasteiger partial charge is 0.287 e. The Morgan fingerprint density at radius 1 is 1.23 bits per heavy atom. The molecule has 1 N–H and O–H groups in total. The number of hydrogen-bond acceptors (Lipinski definition) is 3. The van der Waals surface area contributed by atoms with Crippen LogP contribution in [0.4, 0.5) is 0 Å². The lowest BCUT2D eigenvalue weighted by Crippen LogP contribution is -2.23. The summed E-state index contributed by atoms with van der Waals surface area (Å²) in [5.41, 5.74) is 1.81. The maximum Gasteiger partial charge on any atom is 0.287 e. The van der Waals surface area contributed by atoms with E-state index < -0.39 is 0 Å². The zero-order valence-electron chi connectivity index (χ0n) is 12.3. The number of nitrogens with zero attached hydrogens (tertiary/aromatic N) is 2. The first-order valence-corrected chi connectivity index (χ1v) is 7.26. The van der Waals surface area contributed by atoms with Crippen molar-refractivity contribution in [1.82, 2.24) is 15.1 Å². The van der Waals surface area contributed by atoms with Gasteiger partial charge in [-0.25, -0.2) is 4.68 Å². The van der Waals surface area contributed by atoms with Crippen LogP contribution in [0.25, 0.3) is 17.0 Å². The van der Waals surface area contributed by atoms with E-state index in [0.29, 0.717) is 18.1 Å². The third kappa shape index (κ3) is 2.93. The molecular weight excluding hydrogens is 278 g/mol. The Balaban J connectivity index is 1.80. The normalized spacial score (nSPS) is 10.6. The molecule has 3 rings (SSSR count). The van der Waals surface area contributed by atoms with Crippen LogP contribution in [0.1, 0.15) is 23.9 Å². The predicted octanol–water partition coefficient (Wildman–Crippen LogP) is 3.27. The Hall–Kier alpha value is -2.82. The zero-order chi connectivity index (χ0) is 15.4. The predicted molar refractivity (Wildman–Crippen MR) is 83.9 cm³/mol. The molecule has 2 heterocycles. The summed E-state index contributed by atoms with van der Waals surface area (Å²) in [5.74, 6) is 0.753. The highest BCUT2D eigenvalue weighted by atomic mass is 16.3. The van der Waals surface area contributed by atoms with Gasteiger partial charge in [0.05, 0.1) is 17.4 Å². The van der Waals surface area contributed by atoms with Crippen molar-refractivity contribution in [2.24, 2.45) is 0 Å². The molecule has 0 saturated heterocycles. The number of nitrogens with one attached hydrogen (secondary N) is 1. The standard InChI is InChI=1S/C17H17N3O2/c1-2-10-18-17(21)16-9-8-15(22-16)13-11-19-20(12-13)14-6-4-3-5-7-14/h3-9,11-12H,2,10H2,1H3,(H,18,21). The molecule has 0 spiro atoms. The molecule has 0 radical (unpaired) electrons. The van der Waals surface area contributed by atoms with Gasteiger partial charge in [-0.2, -0.15) is 5.10 Å². The number of rotatable bonds is 5. The third-order valence-corrected chi connectivity index (χ3v) is 3.25. The van der Waals surface area contributed by atoms with Gasteiger partial charge in [0.2, 0.25) is 0 Å². The molecule has 0 fully saturated rings. The number of benzene rings is 1. The molecule has 0 aliphatic heterocycles. The second kappa shape index (κ2) is 6.30. The summed E-state index contributed by atoms with van der Waals surface area (Å²) in [6, 6.07) is 13.3. The Morgan fingerprint density at radius 2 is 2.05 bits per heavy atom. The van der Waals surface area contributed by atoms with E-state index in [1.165, 1.54) is 0 Å². The summed E-state index contributed by atoms with van der Waals surface area (Å²) in [6.45, 7) is 2.65. The number of carbonyl (C=O) groups excluding carboxylic acids is 1. The lowest BCUT2D eigenvalue weighted by atomic mass is 10.3. The van der Waals surface area contributed by atoms with E-state index in [1.54, 1.807) is 23.0 Å². The molecule has 0 saturated carbocycles. The van der Waals surface area contributed by atoms with Gasteiger partial charge in [-0.05, 0) is 30.7 Å². The molecule has 2 aromatic heterocycles. The highest BCUT2D eigenvalue weighted by molar-refractivity contribution is 5.92. The maximum absolute atomic E-state index is 11.8. The average molecular weight is 295 g/mol. The Morgan fingerprint density at radius 3 is 2.82 bits per heavy atom. The molecule has 1 amide bonds. The molecule has 0 atom stereocenters. The fourth-order valence-electron chi connectivity index (χ4n) is 2.11. The van der Waals surface area contributed by atoms with Crippen molar-refractivity contribution in [2.75, 3.05) is 6.54 Å². The Labute approximate surface area is 128 Å². The summed E-state index contributed by atoms with van der Waals surface area (Å²) in [5, 5.41) is 7.11. The average Bonchev–Trinajstić information content (AvgIpc) is 3.22. The SMILES string of the molecule is CCCNC(=O)c1ccc(-c2cnn(-c3ccccc3)c2)o1. The molecule has 0 unspecified atom stereocenters. The van der Waals surface area contributed by atoms with Gasteiger partial charge in [-0.15, -0.1) is 0 Å². The van der Waals surface area contributed by atoms with Crippen LogP contribution in [0.5, 0.6) is 0 Å². The topological polar surface area (TPSA) is 60.1 Å². The maximum atomic E-state index is 11.8. The molecule has 0 aliphatic rings. The van der Waals surface area contributed by atoms with E-state index in [2.05, 4.69) is 10.4 Å². The van der Waals surface area contributed by atoms with Crippen LogP contribution in [0, 0.1) is 0 Å². The van der Waals surface area contributed by atoms with Crippen molar-refractivity contribution in [1.29, 1.82) is 0 Å². The van der Waals surface area contributed by atoms with Crippen molar-refractivity contribution < 1.29 is 9.21 Å². The number of carbonyl (C=O) groups is 1. The molecule has 1 aromatic carbocycles. The number of para-hydroxylation sites is 1. The van der Waals surface area contributed by atoms with E-state index in [4.69, 9.17) is 4.42 Å². The number of hydrogen-bond donors (Lipinski definition) is 1. The van der Waals surface area contributed by atoms with Gasteiger partial charge in [0.1, 0.15) is 5.76 Å². The molecular formula is C17H17N3O2. The molecule has 3 aromatic rings. The van der Waals surface area contributed by atoms with Gasteiger partial charge >= 0.3 is 0 Å². The number of furan rings is 1. The summed E-state index contributed by atoms with van der Waals surface area (Å²) < 4.78 is 7.38. The molecule has 5 heteroatoms. The summed E-state index contributed by atoms with van der Waals surface area (Å²) in [7, 11) is 0. The van der Waals surface area contributed by atoms with Crippen LogP contribution in [0.3, 0.4) is 0 Å². The van der Waals surface area contributed by atoms with Crippen LogP contribution in [-0.4, -0.2) is 22.2 Å². The first-order chi connectivity index (χ1) is 10.8. The van der Waals surface area contributed by atoms with Crippen LogP contribution < -0.4 is 5.32 Å². The Kier molecular flexibility index (Phi) is 4.05. The van der Waals surface area contributed by atoms with E-state index in [-0.39, 0.29) is 5.91 Å². The number of aromatic nitrogens is 2. The zero-order valence-corrected chi connectivity index (χ0v) is 12.3. The summed E-state index contributed by atoms with van der Waals surface area (Å²) in [4.78, 5) is 11.8. The van der Waals surface area contributed by atoms with Crippen molar-refractivity contribution in [3.63, 3.8) is 0 Å². The van der Waals surface area contributed by atoms with Crippen molar-refractivity contribution in [3.05, 3.63) is 60.6 Å². The quantitative estimate of drug-likeness (QED) is 0.786. The molecule has 5 nitrogen and oxygen atoms in total. The second-order valence-corrected chi connectivity index (χ2v) is 4.93. The van der Waals surface area contributed by atoms with Crippen LogP contribution in [0.15, 0.2) is 59.3 Å². The van der Waals surface area contributed by atoms with Crippen molar-refractivity contribution >= 4 is 5.91 Å². The van der Waals surface area contributed by atoms with Crippen LogP contribution in [-0.2, 0) is 0 Å². The lowest BCUT2D eigenvalue weighted by molar-refractivity contribution is 0.0927. The minimum Gasteiger partial charge on any atom is -0.451 e. The lowest BCUT2D eigenvalue weighted by Gasteiger charge is -1.99. The molecule has 0 bridgehead atoms. The molecule has 22 heavy (non-hydrogen) atoms. The number of amides is 1. The van der Waals surface area contributed by atoms with Crippen LogP contribution >= 0.6 is 0 Å². The summed E-state index contributed by atoms with van der Waals surface area (Å²) >= 11 is 0. The molecule has 0 aliphatic carbocycles. The van der Waals surface area contributed by atoms with Gasteiger partial charge in [-0.1, -0.05) is 25.1 Å². The van der Waals surface area contributed by atoms with Gasteiger partial charge in [-0.3, -0.25) is 4.79 Å². The minimum atomic E-state index is -0.191. The van der Waals surface area contributed by atoms with Crippen molar-refractivity contribution in [3.8, 4) is 17.0 Å². The highest BCUT2D eigenvalue weighted by Crippen LogP contribution is 2.22. The van der Waals surface area contributed by atoms with E-state index in [0.717, 1.165) is 17.7 Å². The van der Waals surface area contributed by atoms with Gasteiger partial charge in [0.15, 0.2) is 5.76 Å². The first-order valence-electron chi connectivity index (χ1n) is 7.26. The van der Waals surface area contributed by atoms with Gasteiger partial charge in [0, 0.05) is 12.7 Å². The van der Waals surface area contributed by atoms with E-state index >= 15 is 0 Å². The minimum absolute atomic E-state index is 0.191. The van der Waals surface area contributed by atoms with Crippen molar-refractivity contribution in [2.45, 2.75) is 13.3 Å². The van der Waals surface area contributed by atoms with Gasteiger partial charge in [0.25, 0.3) is 5.91 Å². The van der Waals surface area contributed by atoms with Gasteiger partial charge < -0.3 is 9.73 Å². The summed E-state index contributed by atoms with van der Waals surface area (Å²) in [6.07, 6.45) is 4.49. The second-order valence-electron chi connectivity index (χ2n) is 4.93. The monoisotopic (exact) mass is 295 g/mol. The fraction of sp³-hybridized carbons (Fsp3) is 0.176. The largest absolute Gasteiger partial charge is 0.451 e. The van der Waals surface area contributed by atoms with E-state index in [9.17, 15) is 4.79 Å². The molecule has 112 valence electrons. The van der Waals surface area contributed by atoms with E-state index in [1.807, 2.05) is 43.5 Å². The fourth-order valence-corrected chi connectivity index (χ4v) is 2.11. The van der Waals surface area contributed by atoms with Crippen LogP contribution in [0.2, 0.25) is 0 Å². The third-order valence-electron chi connectivity index (χ3n) is 3.25. The Bertz CT molecular complexity index is 759. The highest BCUT2D eigenvalue weighted by Gasteiger charge is 2.13. The first kappa shape index (κ1) is 14.1.